The van der Waals surface area contributed by atoms with Crippen LogP contribution in [0.4, 0.5) is 14.5 Å². The van der Waals surface area contributed by atoms with Crippen molar-refractivity contribution < 1.29 is 8.78 Å². The molecule has 0 fully saturated rings. The molecule has 0 atom stereocenters. The van der Waals surface area contributed by atoms with Crippen LogP contribution in [0.15, 0.2) is 48.9 Å². The molecule has 0 aliphatic carbocycles. The van der Waals surface area contributed by atoms with Gasteiger partial charge in [-0.1, -0.05) is 29.3 Å². The normalized spacial score (nSPS) is 14.2. The van der Waals surface area contributed by atoms with E-state index in [9.17, 15) is 8.78 Å². The largest absolute Gasteiger partial charge is 0.339 e. The molecular weight excluding hydrogens is 469 g/mol. The lowest BCUT2D eigenvalue weighted by atomic mass is 10.0. The highest BCUT2D eigenvalue weighted by Gasteiger charge is 2.27. The minimum Gasteiger partial charge on any atom is -0.339 e. The maximum absolute atomic E-state index is 13.5. The topological polar surface area (TPSA) is 69.8 Å². The molecule has 4 rings (SSSR count). The first-order valence-electron chi connectivity index (χ1n) is 10.2. The van der Waals surface area contributed by atoms with Gasteiger partial charge in [0.05, 0.1) is 21.9 Å². The standard InChI is InChI=1S/C23H22Cl2F2N6/c1-23(26,27)18-4-3-17(10-19(18)24)31-22(28)33-7-5-14(6-8-33)21-20(25)9-15(11-29-21)16-12-30-32(2)13-16/h3-5,9-13H,6-8H2,1-2H3,(H2,28,31). The molecule has 0 saturated heterocycles. The first kappa shape index (κ1) is 23.2. The highest BCUT2D eigenvalue weighted by Crippen LogP contribution is 2.34. The van der Waals surface area contributed by atoms with Gasteiger partial charge in [-0.05, 0) is 36.3 Å². The van der Waals surface area contributed by atoms with Crippen molar-refractivity contribution in [1.82, 2.24) is 19.7 Å². The van der Waals surface area contributed by atoms with Crippen molar-refractivity contribution in [2.24, 2.45) is 7.05 Å². The van der Waals surface area contributed by atoms with Gasteiger partial charge in [0.2, 0.25) is 0 Å². The van der Waals surface area contributed by atoms with Gasteiger partial charge in [-0.25, -0.2) is 8.78 Å². The number of halogens is 4. The van der Waals surface area contributed by atoms with Gasteiger partial charge < -0.3 is 10.2 Å². The summed E-state index contributed by atoms with van der Waals surface area (Å²) in [6, 6.07) is 6.05. The van der Waals surface area contributed by atoms with Crippen LogP contribution in [0.5, 0.6) is 0 Å². The summed E-state index contributed by atoms with van der Waals surface area (Å²) in [5.74, 6) is -2.87. The number of guanidine groups is 1. The number of rotatable bonds is 4. The summed E-state index contributed by atoms with van der Waals surface area (Å²) in [6.07, 6.45) is 8.09. The van der Waals surface area contributed by atoms with Crippen molar-refractivity contribution in [2.75, 3.05) is 18.4 Å². The first-order valence-corrected chi connectivity index (χ1v) is 11.0. The van der Waals surface area contributed by atoms with Crippen LogP contribution in [0.25, 0.3) is 16.7 Å². The van der Waals surface area contributed by atoms with Gasteiger partial charge in [0, 0.05) is 61.8 Å². The van der Waals surface area contributed by atoms with Crippen LogP contribution in [0, 0.1) is 5.41 Å². The van der Waals surface area contributed by atoms with Crippen molar-refractivity contribution >= 4 is 40.4 Å². The Kier molecular flexibility index (Phi) is 6.41. The Hall–Kier alpha value is -2.97. The minimum absolute atomic E-state index is 0.0448. The van der Waals surface area contributed by atoms with E-state index in [4.69, 9.17) is 28.6 Å². The third-order valence-corrected chi connectivity index (χ3v) is 6.01. The van der Waals surface area contributed by atoms with E-state index < -0.39 is 5.92 Å². The van der Waals surface area contributed by atoms with Gasteiger partial charge in [-0.2, -0.15) is 5.10 Å². The first-order chi connectivity index (χ1) is 15.6. The summed E-state index contributed by atoms with van der Waals surface area (Å²) < 4.78 is 28.8. The van der Waals surface area contributed by atoms with E-state index in [1.807, 2.05) is 30.3 Å². The molecule has 3 heterocycles. The van der Waals surface area contributed by atoms with Gasteiger partial charge in [-0.3, -0.25) is 15.1 Å². The zero-order valence-electron chi connectivity index (χ0n) is 18.0. The summed E-state index contributed by atoms with van der Waals surface area (Å²) in [7, 11) is 1.85. The molecule has 6 nitrogen and oxygen atoms in total. The molecule has 33 heavy (non-hydrogen) atoms. The maximum Gasteiger partial charge on any atom is 0.271 e. The fourth-order valence-electron chi connectivity index (χ4n) is 3.65. The molecular formula is C23H22Cl2F2N6. The summed E-state index contributed by atoms with van der Waals surface area (Å²) in [6.45, 7) is 1.87. The zero-order chi connectivity index (χ0) is 23.8. The van der Waals surface area contributed by atoms with E-state index in [2.05, 4.69) is 15.4 Å². The molecule has 2 aromatic heterocycles. The number of hydrogen-bond donors (Lipinski definition) is 2. The van der Waals surface area contributed by atoms with E-state index in [1.165, 1.54) is 18.2 Å². The number of nitrogens with zero attached hydrogens (tertiary/aromatic N) is 4. The molecule has 3 aromatic rings. The van der Waals surface area contributed by atoms with E-state index in [0.717, 1.165) is 29.3 Å². The predicted molar refractivity (Wildman–Crippen MR) is 128 cm³/mol. The molecule has 1 aliphatic heterocycles. The third-order valence-electron chi connectivity index (χ3n) is 5.41. The molecule has 172 valence electrons. The second kappa shape index (κ2) is 9.11. The Morgan fingerprint density at radius 2 is 1.94 bits per heavy atom. The molecule has 0 bridgehead atoms. The van der Waals surface area contributed by atoms with Gasteiger partial charge in [0.25, 0.3) is 5.92 Å². The molecule has 0 saturated carbocycles. The maximum atomic E-state index is 13.5. The number of anilines is 1. The van der Waals surface area contributed by atoms with Crippen LogP contribution < -0.4 is 5.32 Å². The molecule has 10 heteroatoms. The quantitative estimate of drug-likeness (QED) is 0.345. The number of hydrogen-bond acceptors (Lipinski definition) is 3. The summed E-state index contributed by atoms with van der Waals surface area (Å²) in [4.78, 5) is 6.39. The number of alkyl halides is 2. The smallest absolute Gasteiger partial charge is 0.271 e. The van der Waals surface area contributed by atoms with E-state index >= 15 is 0 Å². The third kappa shape index (κ3) is 5.17. The molecule has 1 aromatic carbocycles. The Labute approximate surface area is 200 Å². The van der Waals surface area contributed by atoms with Gasteiger partial charge in [-0.15, -0.1) is 0 Å². The van der Waals surface area contributed by atoms with E-state index in [0.29, 0.717) is 30.2 Å². The summed E-state index contributed by atoms with van der Waals surface area (Å²) in [5.41, 5.74) is 3.81. The van der Waals surface area contributed by atoms with Crippen LogP contribution >= 0.6 is 23.2 Å². The van der Waals surface area contributed by atoms with Crippen LogP contribution in [0.3, 0.4) is 0 Å². The van der Waals surface area contributed by atoms with Crippen LogP contribution in [0.1, 0.15) is 24.6 Å². The lowest BCUT2D eigenvalue weighted by molar-refractivity contribution is 0.0176. The number of benzene rings is 1. The van der Waals surface area contributed by atoms with Crippen molar-refractivity contribution in [3.8, 4) is 11.1 Å². The SMILES string of the molecule is Cn1cc(-c2cnc(C3=CCN(C(=N)Nc4ccc(C(C)(F)F)c(Cl)c4)CC3)c(Cl)c2)cn1. The summed E-state index contributed by atoms with van der Waals surface area (Å²) >= 11 is 12.5. The van der Waals surface area contributed by atoms with Crippen molar-refractivity contribution in [3.63, 3.8) is 0 Å². The monoisotopic (exact) mass is 490 g/mol. The van der Waals surface area contributed by atoms with Crippen molar-refractivity contribution in [1.29, 1.82) is 5.41 Å². The highest BCUT2D eigenvalue weighted by molar-refractivity contribution is 6.32. The predicted octanol–water partition coefficient (Wildman–Crippen LogP) is 6.04. The van der Waals surface area contributed by atoms with E-state index in [-0.39, 0.29) is 16.5 Å². The second-order valence-electron chi connectivity index (χ2n) is 7.94. The number of aryl methyl sites for hydroxylation is 1. The van der Waals surface area contributed by atoms with Crippen molar-refractivity contribution in [3.05, 3.63) is 70.2 Å². The van der Waals surface area contributed by atoms with Gasteiger partial charge in [0.15, 0.2) is 5.96 Å². The molecule has 0 radical (unpaired) electrons. The fourth-order valence-corrected chi connectivity index (χ4v) is 4.29. The fraction of sp³-hybridized carbons (Fsp3) is 0.261. The van der Waals surface area contributed by atoms with Gasteiger partial charge in [0.1, 0.15) is 0 Å². The molecule has 0 unspecified atom stereocenters. The number of nitrogens with one attached hydrogen (secondary N) is 2. The minimum atomic E-state index is -3.03. The lowest BCUT2D eigenvalue weighted by Gasteiger charge is -2.29. The van der Waals surface area contributed by atoms with Crippen molar-refractivity contribution in [2.45, 2.75) is 19.3 Å². The Morgan fingerprint density at radius 1 is 1.15 bits per heavy atom. The van der Waals surface area contributed by atoms with Crippen LogP contribution in [-0.2, 0) is 13.0 Å². The molecule has 2 N–H and O–H groups in total. The average Bonchev–Trinajstić information content (AvgIpc) is 3.19. The molecule has 0 amide bonds. The number of aromatic nitrogens is 3. The van der Waals surface area contributed by atoms with Gasteiger partial charge >= 0.3 is 0 Å². The summed E-state index contributed by atoms with van der Waals surface area (Å²) in [5, 5.41) is 16.0. The Balaban J connectivity index is 1.42. The van der Waals surface area contributed by atoms with E-state index in [1.54, 1.807) is 17.1 Å². The van der Waals surface area contributed by atoms with Crippen LogP contribution in [0.2, 0.25) is 10.0 Å². The highest BCUT2D eigenvalue weighted by atomic mass is 35.5. The average molecular weight is 491 g/mol. The van der Waals surface area contributed by atoms with Crippen LogP contribution in [-0.4, -0.2) is 38.7 Å². The second-order valence-corrected chi connectivity index (χ2v) is 8.75. The Morgan fingerprint density at radius 3 is 2.52 bits per heavy atom. The zero-order valence-corrected chi connectivity index (χ0v) is 19.6. The Bertz CT molecular complexity index is 1230. The number of pyridine rings is 1. The lowest BCUT2D eigenvalue weighted by Crippen LogP contribution is -2.38. The molecule has 0 spiro atoms. The molecule has 1 aliphatic rings.